The van der Waals surface area contributed by atoms with Crippen LogP contribution in [0.5, 0.6) is 0 Å². The molecule has 19 heavy (non-hydrogen) atoms. The Hall–Kier alpha value is -1.44. The highest BCUT2D eigenvalue weighted by Gasteiger charge is 2.08. The van der Waals surface area contributed by atoms with Gasteiger partial charge in [-0.25, -0.2) is 13.6 Å². The summed E-state index contributed by atoms with van der Waals surface area (Å²) in [5, 5.41) is 16.3. The largest absolute Gasteiger partial charge is 0.396 e. The topological polar surface area (TPSA) is 109 Å². The number of nitrogens with one attached hydrogen (secondary N) is 1. The molecule has 0 aliphatic heterocycles. The highest BCUT2D eigenvalue weighted by atomic mass is 32.2. The number of rotatable bonds is 7. The Balaban J connectivity index is 2.52. The molecule has 0 aliphatic rings. The molecule has 0 unspecified atom stereocenters. The molecule has 0 radical (unpaired) electrons. The monoisotopic (exact) mass is 286 g/mol. The Bertz CT molecular complexity index is 528. The van der Waals surface area contributed by atoms with Crippen molar-refractivity contribution in [3.8, 4) is 0 Å². The first-order valence-electron chi connectivity index (χ1n) is 5.93. The molecule has 0 saturated carbocycles. The van der Waals surface area contributed by atoms with Gasteiger partial charge in [0, 0.05) is 19.6 Å². The number of aliphatic hydroxyl groups is 1. The van der Waals surface area contributed by atoms with E-state index in [2.05, 4.69) is 5.32 Å². The Kier molecular flexibility index (Phi) is 5.94. The molecule has 0 heterocycles. The maximum absolute atomic E-state index is 11.4. The van der Waals surface area contributed by atoms with Crippen molar-refractivity contribution in [1.29, 1.82) is 0 Å². The van der Waals surface area contributed by atoms with E-state index in [0.717, 1.165) is 0 Å². The minimum atomic E-state index is -3.72. The van der Waals surface area contributed by atoms with Gasteiger partial charge in [0.15, 0.2) is 0 Å². The molecule has 1 aromatic carbocycles. The van der Waals surface area contributed by atoms with Gasteiger partial charge in [-0.15, -0.1) is 0 Å². The average Bonchev–Trinajstić information content (AvgIpc) is 2.36. The molecule has 1 rings (SSSR count). The predicted molar refractivity (Wildman–Crippen MR) is 70.6 cm³/mol. The zero-order chi connectivity index (χ0) is 14.3. The Labute approximate surface area is 112 Å². The summed E-state index contributed by atoms with van der Waals surface area (Å²) in [5.41, 5.74) is 0.669. The molecule has 0 atom stereocenters. The van der Waals surface area contributed by atoms with Gasteiger partial charge >= 0.3 is 0 Å². The summed E-state index contributed by atoms with van der Waals surface area (Å²) in [7, 11) is -3.72. The predicted octanol–water partition coefficient (Wildman–Crippen LogP) is 0.113. The van der Waals surface area contributed by atoms with Gasteiger partial charge in [-0.2, -0.15) is 0 Å². The van der Waals surface area contributed by atoms with Gasteiger partial charge < -0.3 is 10.4 Å². The van der Waals surface area contributed by atoms with Gasteiger partial charge in [0.25, 0.3) is 0 Å². The Morgan fingerprint density at radius 2 is 2.05 bits per heavy atom. The standard InChI is InChI=1S/C12H18N2O4S/c13-19(17,18)11-5-3-4-10(8-11)9-14-12(16)6-1-2-7-15/h3-5,8,15H,1-2,6-7,9H2,(H,14,16)(H2,13,17,18). The van der Waals surface area contributed by atoms with Crippen LogP contribution in [0.25, 0.3) is 0 Å². The lowest BCUT2D eigenvalue weighted by Crippen LogP contribution is -2.22. The Morgan fingerprint density at radius 3 is 2.68 bits per heavy atom. The number of hydrogen-bond acceptors (Lipinski definition) is 4. The second kappa shape index (κ2) is 7.22. The lowest BCUT2D eigenvalue weighted by atomic mass is 10.2. The summed E-state index contributed by atoms with van der Waals surface area (Å²) in [4.78, 5) is 11.5. The van der Waals surface area contributed by atoms with Crippen LogP contribution >= 0.6 is 0 Å². The summed E-state index contributed by atoms with van der Waals surface area (Å²) in [6.45, 7) is 0.324. The molecule has 0 saturated heterocycles. The molecule has 6 nitrogen and oxygen atoms in total. The quantitative estimate of drug-likeness (QED) is 0.618. The van der Waals surface area contributed by atoms with E-state index in [1.807, 2.05) is 0 Å². The number of nitrogens with two attached hydrogens (primary N) is 1. The van der Waals surface area contributed by atoms with E-state index in [1.165, 1.54) is 12.1 Å². The van der Waals surface area contributed by atoms with Gasteiger partial charge in [0.1, 0.15) is 0 Å². The lowest BCUT2D eigenvalue weighted by Gasteiger charge is -2.06. The summed E-state index contributed by atoms with van der Waals surface area (Å²) < 4.78 is 22.3. The van der Waals surface area contributed by atoms with Crippen LogP contribution in [0.15, 0.2) is 29.2 Å². The molecule has 0 spiro atoms. The number of benzene rings is 1. The van der Waals surface area contributed by atoms with Crippen molar-refractivity contribution in [1.82, 2.24) is 5.32 Å². The third-order valence-corrected chi connectivity index (χ3v) is 3.44. The minimum absolute atomic E-state index is 0.0273. The van der Waals surface area contributed by atoms with Crippen LogP contribution in [-0.4, -0.2) is 26.0 Å². The van der Waals surface area contributed by atoms with E-state index in [4.69, 9.17) is 10.2 Å². The molecule has 1 aromatic rings. The second-order valence-electron chi connectivity index (χ2n) is 4.15. The first-order chi connectivity index (χ1) is 8.93. The summed E-state index contributed by atoms with van der Waals surface area (Å²) >= 11 is 0. The van der Waals surface area contributed by atoms with Crippen LogP contribution in [0.1, 0.15) is 24.8 Å². The van der Waals surface area contributed by atoms with Crippen molar-refractivity contribution in [2.75, 3.05) is 6.61 Å². The van der Waals surface area contributed by atoms with Gasteiger partial charge in [-0.05, 0) is 30.5 Å². The Morgan fingerprint density at radius 1 is 1.32 bits per heavy atom. The van der Waals surface area contributed by atoms with Gasteiger partial charge in [-0.3, -0.25) is 4.79 Å². The third-order valence-electron chi connectivity index (χ3n) is 2.53. The van der Waals surface area contributed by atoms with E-state index in [1.54, 1.807) is 12.1 Å². The number of sulfonamides is 1. The summed E-state index contributed by atoms with van der Waals surface area (Å²) in [6.07, 6.45) is 1.56. The maximum Gasteiger partial charge on any atom is 0.238 e. The van der Waals surface area contributed by atoms with Crippen LogP contribution in [0, 0.1) is 0 Å². The van der Waals surface area contributed by atoms with E-state index < -0.39 is 10.0 Å². The zero-order valence-corrected chi connectivity index (χ0v) is 11.3. The molecule has 0 fully saturated rings. The number of aliphatic hydroxyl groups excluding tert-OH is 1. The third kappa shape index (κ3) is 5.82. The van der Waals surface area contributed by atoms with Crippen LogP contribution in [0.3, 0.4) is 0 Å². The van der Waals surface area contributed by atoms with E-state index in [0.29, 0.717) is 24.8 Å². The summed E-state index contributed by atoms with van der Waals surface area (Å²) in [5.74, 6) is -0.130. The fourth-order valence-corrected chi connectivity index (χ4v) is 2.10. The number of amides is 1. The molecule has 4 N–H and O–H groups in total. The van der Waals surface area contributed by atoms with Crippen LogP contribution in [0.2, 0.25) is 0 Å². The minimum Gasteiger partial charge on any atom is -0.396 e. The smallest absolute Gasteiger partial charge is 0.238 e. The number of unbranched alkanes of at least 4 members (excludes halogenated alkanes) is 1. The fraction of sp³-hybridized carbons (Fsp3) is 0.417. The maximum atomic E-state index is 11.4. The first kappa shape index (κ1) is 15.6. The molecule has 7 heteroatoms. The number of hydrogen-bond donors (Lipinski definition) is 3. The number of carbonyl (C=O) groups is 1. The van der Waals surface area contributed by atoms with E-state index >= 15 is 0 Å². The van der Waals surface area contributed by atoms with E-state index in [-0.39, 0.29) is 24.0 Å². The normalized spacial score (nSPS) is 11.3. The molecule has 1 amide bonds. The van der Waals surface area contributed by atoms with Crippen molar-refractivity contribution in [2.24, 2.45) is 5.14 Å². The summed E-state index contributed by atoms with van der Waals surface area (Å²) in [6, 6.07) is 6.13. The van der Waals surface area contributed by atoms with Crippen molar-refractivity contribution in [2.45, 2.75) is 30.7 Å². The average molecular weight is 286 g/mol. The van der Waals surface area contributed by atoms with Crippen LogP contribution in [-0.2, 0) is 21.4 Å². The van der Waals surface area contributed by atoms with Crippen LogP contribution < -0.4 is 10.5 Å². The molecular weight excluding hydrogens is 268 g/mol. The molecular formula is C12H18N2O4S. The molecule has 0 aliphatic carbocycles. The number of primary sulfonamides is 1. The molecule has 0 bridgehead atoms. The highest BCUT2D eigenvalue weighted by Crippen LogP contribution is 2.09. The van der Waals surface area contributed by atoms with Crippen molar-refractivity contribution >= 4 is 15.9 Å². The van der Waals surface area contributed by atoms with Crippen molar-refractivity contribution < 1.29 is 18.3 Å². The number of carbonyl (C=O) groups excluding carboxylic acids is 1. The van der Waals surface area contributed by atoms with Crippen LogP contribution in [0.4, 0.5) is 0 Å². The second-order valence-corrected chi connectivity index (χ2v) is 5.71. The molecule has 106 valence electrons. The lowest BCUT2D eigenvalue weighted by molar-refractivity contribution is -0.121. The van der Waals surface area contributed by atoms with E-state index in [9.17, 15) is 13.2 Å². The SMILES string of the molecule is NS(=O)(=O)c1cccc(CNC(=O)CCCCO)c1. The zero-order valence-electron chi connectivity index (χ0n) is 10.5. The van der Waals surface area contributed by atoms with Crippen molar-refractivity contribution in [3.05, 3.63) is 29.8 Å². The van der Waals surface area contributed by atoms with Gasteiger partial charge in [-0.1, -0.05) is 12.1 Å². The molecule has 0 aromatic heterocycles. The van der Waals surface area contributed by atoms with Gasteiger partial charge in [0.2, 0.25) is 15.9 Å². The van der Waals surface area contributed by atoms with Gasteiger partial charge in [0.05, 0.1) is 4.90 Å². The highest BCUT2D eigenvalue weighted by molar-refractivity contribution is 7.89. The first-order valence-corrected chi connectivity index (χ1v) is 7.47. The fourth-order valence-electron chi connectivity index (χ4n) is 1.52. The van der Waals surface area contributed by atoms with Crippen molar-refractivity contribution in [3.63, 3.8) is 0 Å².